The Balaban J connectivity index is -0.000000143. The average molecular weight is 546 g/mol. The zero-order valence-electron chi connectivity index (χ0n) is 14.7. The van der Waals surface area contributed by atoms with Crippen LogP contribution in [0.4, 0.5) is 0 Å². The SMILES string of the molecule is CC(=O)N(CCO)CCO.CC(=O)N(CC[NH-])CC[NH-].[O]=[Mo+2]=[O].[O]=[Mo]=[O]. The molecule has 12 nitrogen and oxygen atoms in total. The van der Waals surface area contributed by atoms with E-state index in [0.29, 0.717) is 26.2 Å². The van der Waals surface area contributed by atoms with Gasteiger partial charge in [-0.25, -0.2) is 0 Å². The molecule has 0 unspecified atom stereocenters. The van der Waals surface area contributed by atoms with Crippen molar-refractivity contribution < 1.29 is 70.4 Å². The fraction of sp³-hybridized carbons (Fsp3) is 0.833. The molecule has 0 bridgehead atoms. The zero-order valence-corrected chi connectivity index (χ0v) is 18.7. The van der Waals surface area contributed by atoms with Crippen LogP contribution in [-0.4, -0.2) is 84.3 Å². The van der Waals surface area contributed by atoms with E-state index in [1.807, 2.05) is 0 Å². The Kier molecular flexibility index (Phi) is 37.0. The number of hydrogen-bond acceptors (Lipinski definition) is 8. The van der Waals surface area contributed by atoms with E-state index >= 15 is 0 Å². The first kappa shape index (κ1) is 33.0. The molecule has 14 heteroatoms. The minimum atomic E-state index is -2.03. The van der Waals surface area contributed by atoms with Gasteiger partial charge in [0.25, 0.3) is 0 Å². The summed E-state index contributed by atoms with van der Waals surface area (Å²) >= 11 is -4.06. The van der Waals surface area contributed by atoms with Gasteiger partial charge in [-0.2, -0.15) is 0 Å². The van der Waals surface area contributed by atoms with Gasteiger partial charge < -0.3 is 31.5 Å². The molecule has 154 valence electrons. The van der Waals surface area contributed by atoms with Crippen LogP contribution >= 0.6 is 0 Å². The third-order valence-electron chi connectivity index (χ3n) is 2.39. The quantitative estimate of drug-likeness (QED) is 0.372. The summed E-state index contributed by atoms with van der Waals surface area (Å²) in [5, 5.41) is 16.9. The molecular formula is C12H26Mo2N4O8. The summed E-state index contributed by atoms with van der Waals surface area (Å²) in [6.45, 7) is 4.71. The van der Waals surface area contributed by atoms with Crippen molar-refractivity contribution in [3.63, 3.8) is 0 Å². The molecule has 0 spiro atoms. The third-order valence-corrected chi connectivity index (χ3v) is 2.39. The van der Waals surface area contributed by atoms with Crippen LogP contribution in [0.25, 0.3) is 11.5 Å². The molecule has 0 aromatic carbocycles. The van der Waals surface area contributed by atoms with Gasteiger partial charge in [0.15, 0.2) is 0 Å². The van der Waals surface area contributed by atoms with Gasteiger partial charge in [-0.3, -0.25) is 9.59 Å². The molecule has 0 aliphatic rings. The summed E-state index contributed by atoms with van der Waals surface area (Å²) in [4.78, 5) is 24.2. The van der Waals surface area contributed by atoms with Crippen LogP contribution in [0.2, 0.25) is 0 Å². The average Bonchev–Trinajstić information content (AvgIpc) is 2.56. The zero-order chi connectivity index (χ0) is 21.4. The van der Waals surface area contributed by atoms with E-state index in [4.69, 9.17) is 35.3 Å². The Morgan fingerprint density at radius 1 is 0.846 bits per heavy atom. The molecule has 0 saturated heterocycles. The van der Waals surface area contributed by atoms with Gasteiger partial charge in [0.2, 0.25) is 11.8 Å². The summed E-state index contributed by atoms with van der Waals surface area (Å²) in [5.41, 5.74) is 13.7. The molecule has 0 aliphatic carbocycles. The Morgan fingerprint density at radius 3 is 1.23 bits per heavy atom. The predicted octanol–water partition coefficient (Wildman–Crippen LogP) is -0.721. The fourth-order valence-corrected chi connectivity index (χ4v) is 1.36. The second-order valence-corrected chi connectivity index (χ2v) is 4.76. The van der Waals surface area contributed by atoms with Crippen molar-refractivity contribution in [3.05, 3.63) is 11.5 Å². The van der Waals surface area contributed by atoms with E-state index in [1.54, 1.807) is 0 Å². The molecule has 0 aromatic rings. The Morgan fingerprint density at radius 2 is 1.08 bits per heavy atom. The van der Waals surface area contributed by atoms with Gasteiger partial charge in [0.1, 0.15) is 0 Å². The summed E-state index contributed by atoms with van der Waals surface area (Å²) in [7, 11) is 0. The van der Waals surface area contributed by atoms with E-state index < -0.39 is 37.0 Å². The van der Waals surface area contributed by atoms with Gasteiger partial charge in [-0.1, -0.05) is 0 Å². The minimum absolute atomic E-state index is 0.0421. The Bertz CT molecular complexity index is 366. The molecular weight excluding hydrogens is 520 g/mol. The van der Waals surface area contributed by atoms with E-state index in [2.05, 4.69) is 0 Å². The molecule has 0 aromatic heterocycles. The van der Waals surface area contributed by atoms with Crippen molar-refractivity contribution in [1.82, 2.24) is 9.80 Å². The van der Waals surface area contributed by atoms with E-state index in [9.17, 15) is 9.59 Å². The number of aliphatic hydroxyl groups is 2. The molecule has 0 saturated carbocycles. The fourth-order valence-electron chi connectivity index (χ4n) is 1.36. The van der Waals surface area contributed by atoms with Crippen molar-refractivity contribution in [2.45, 2.75) is 13.8 Å². The first-order chi connectivity index (χ1) is 12.3. The number of hydrogen-bond donors (Lipinski definition) is 2. The number of nitrogens with zero attached hydrogens (tertiary/aromatic N) is 2. The Labute approximate surface area is 169 Å². The number of carbonyl (C=O) groups excluding carboxylic acids is 2. The number of amides is 2. The second-order valence-electron chi connectivity index (χ2n) is 4.10. The van der Waals surface area contributed by atoms with Crippen LogP contribution in [0.5, 0.6) is 0 Å². The molecule has 26 heavy (non-hydrogen) atoms. The van der Waals surface area contributed by atoms with Crippen LogP contribution in [0, 0.1) is 0 Å². The van der Waals surface area contributed by atoms with Crippen molar-refractivity contribution in [1.29, 1.82) is 0 Å². The summed E-state index contributed by atoms with van der Waals surface area (Å²) in [6.07, 6.45) is 0. The van der Waals surface area contributed by atoms with Crippen molar-refractivity contribution >= 4 is 11.8 Å². The van der Waals surface area contributed by atoms with Crippen LogP contribution < -0.4 is 0 Å². The molecule has 0 rings (SSSR count). The standard InChI is InChI=1S/C6H13N3O.C6H13NO3.2Mo.4O/c1-6(10)9(4-2-7)5-3-8;1-6(10)7(2-4-8)3-5-9;;;;;;/h7-8H,2-5H2,1H3;8-9H,2-5H2,1H3;;;;;;/q-2;;;+2;;;;. The predicted molar refractivity (Wildman–Crippen MR) is 79.8 cm³/mol. The second kappa shape index (κ2) is 29.1. The summed E-state index contributed by atoms with van der Waals surface area (Å²) < 4.78 is 34.0. The molecule has 0 aliphatic heterocycles. The maximum absolute atomic E-state index is 10.7. The third kappa shape index (κ3) is 31.2. The Hall–Kier alpha value is -0.643. The number of nitrogens with one attached hydrogen (secondary N) is 2. The van der Waals surface area contributed by atoms with Gasteiger partial charge in [0.05, 0.1) is 13.2 Å². The number of aliphatic hydroxyl groups excluding tert-OH is 2. The van der Waals surface area contributed by atoms with Crippen LogP contribution in [0.1, 0.15) is 13.8 Å². The van der Waals surface area contributed by atoms with Crippen molar-refractivity contribution in [2.75, 3.05) is 52.5 Å². The molecule has 2 amide bonds. The van der Waals surface area contributed by atoms with Crippen molar-refractivity contribution in [3.8, 4) is 0 Å². The van der Waals surface area contributed by atoms with Crippen molar-refractivity contribution in [2.24, 2.45) is 0 Å². The van der Waals surface area contributed by atoms with Crippen LogP contribution in [-0.2, 0) is 60.2 Å². The number of carbonyl (C=O) groups is 2. The first-order valence-electron chi connectivity index (χ1n) is 7.13. The molecule has 0 heterocycles. The molecule has 0 atom stereocenters. The van der Waals surface area contributed by atoms with Gasteiger partial charge in [0, 0.05) is 40.0 Å². The van der Waals surface area contributed by atoms with E-state index in [1.165, 1.54) is 23.6 Å². The van der Waals surface area contributed by atoms with E-state index in [0.717, 1.165) is 0 Å². The number of rotatable bonds is 8. The van der Waals surface area contributed by atoms with Crippen LogP contribution in [0.3, 0.4) is 0 Å². The summed E-state index contributed by atoms with van der Waals surface area (Å²) in [5.74, 6) is -0.164. The van der Waals surface area contributed by atoms with Crippen LogP contribution in [0.15, 0.2) is 0 Å². The maximum atomic E-state index is 10.7. The first-order valence-corrected chi connectivity index (χ1v) is 10.4. The van der Waals surface area contributed by atoms with E-state index in [-0.39, 0.29) is 38.1 Å². The topological polar surface area (TPSA) is 197 Å². The molecule has 4 N–H and O–H groups in total. The van der Waals surface area contributed by atoms with Gasteiger partial charge >= 0.3 is 50.6 Å². The van der Waals surface area contributed by atoms with Gasteiger partial charge in [-0.05, 0) is 0 Å². The summed E-state index contributed by atoms with van der Waals surface area (Å²) in [6, 6.07) is 0. The normalized spacial score (nSPS) is 8.08. The molecule has 0 fully saturated rings. The van der Waals surface area contributed by atoms with Gasteiger partial charge in [-0.15, -0.1) is 13.1 Å². The molecule has 0 radical (unpaired) electrons. The monoisotopic (exact) mass is 550 g/mol.